The van der Waals surface area contributed by atoms with Crippen molar-refractivity contribution in [1.82, 2.24) is 5.32 Å². The van der Waals surface area contributed by atoms with Crippen molar-refractivity contribution in [3.8, 4) is 5.75 Å². The molecule has 0 spiro atoms. The SMILES string of the molecule is CCOP(=O)(OCC)Oc1ccc(CC(NC(=O)OCc2ccccc2)C(=O)OC)cc1C(F)F. The summed E-state index contributed by atoms with van der Waals surface area (Å²) < 4.78 is 65.1. The minimum atomic E-state index is -4.10. The fourth-order valence-electron chi connectivity index (χ4n) is 2.98. The van der Waals surface area contributed by atoms with Gasteiger partial charge in [-0.25, -0.2) is 22.9 Å². The summed E-state index contributed by atoms with van der Waals surface area (Å²) in [5.74, 6) is -1.18. The highest BCUT2D eigenvalue weighted by Gasteiger charge is 2.30. The van der Waals surface area contributed by atoms with Gasteiger partial charge in [-0.15, -0.1) is 0 Å². The topological polar surface area (TPSA) is 109 Å². The predicted octanol–water partition coefficient (Wildman–Crippen LogP) is 5.19. The van der Waals surface area contributed by atoms with Gasteiger partial charge in [-0.05, 0) is 37.1 Å². The molecular formula is C23H28F2NO8P. The first kappa shape index (κ1) is 28.2. The fraction of sp³-hybridized carbons (Fsp3) is 0.391. The summed E-state index contributed by atoms with van der Waals surface area (Å²) in [4.78, 5) is 24.4. The van der Waals surface area contributed by atoms with E-state index in [1.54, 1.807) is 38.1 Å². The molecule has 192 valence electrons. The molecule has 0 aliphatic carbocycles. The highest BCUT2D eigenvalue weighted by Crippen LogP contribution is 2.51. The zero-order chi connectivity index (χ0) is 25.8. The number of phosphoric ester groups is 1. The maximum absolute atomic E-state index is 13.8. The molecule has 0 saturated carbocycles. The molecule has 0 aliphatic rings. The Morgan fingerprint density at radius 2 is 1.66 bits per heavy atom. The van der Waals surface area contributed by atoms with E-state index in [4.69, 9.17) is 23.0 Å². The van der Waals surface area contributed by atoms with E-state index in [0.29, 0.717) is 0 Å². The summed E-state index contributed by atoms with van der Waals surface area (Å²) in [5.41, 5.74) is 0.414. The Kier molecular flexibility index (Phi) is 11.1. The molecule has 0 fully saturated rings. The third kappa shape index (κ3) is 8.93. The van der Waals surface area contributed by atoms with E-state index in [2.05, 4.69) is 5.32 Å². The van der Waals surface area contributed by atoms with Crippen molar-refractivity contribution in [2.45, 2.75) is 39.3 Å². The molecule has 1 unspecified atom stereocenters. The number of carbonyl (C=O) groups excluding carboxylic acids is 2. The Balaban J connectivity index is 2.17. The van der Waals surface area contributed by atoms with Gasteiger partial charge in [-0.3, -0.25) is 9.05 Å². The van der Waals surface area contributed by atoms with Crippen LogP contribution in [0.25, 0.3) is 0 Å². The molecule has 2 rings (SSSR count). The summed E-state index contributed by atoms with van der Waals surface area (Å²) in [6.45, 7) is 3.04. The van der Waals surface area contributed by atoms with E-state index in [1.165, 1.54) is 12.1 Å². The van der Waals surface area contributed by atoms with Crippen LogP contribution in [0.1, 0.15) is 37.0 Å². The van der Waals surface area contributed by atoms with Crippen molar-refractivity contribution in [2.75, 3.05) is 20.3 Å². The number of methoxy groups -OCH3 is 1. The van der Waals surface area contributed by atoms with Gasteiger partial charge in [-0.1, -0.05) is 36.4 Å². The number of hydrogen-bond acceptors (Lipinski definition) is 8. The van der Waals surface area contributed by atoms with Crippen LogP contribution >= 0.6 is 7.82 Å². The van der Waals surface area contributed by atoms with Gasteiger partial charge in [0.1, 0.15) is 18.4 Å². The van der Waals surface area contributed by atoms with Crippen molar-refractivity contribution in [2.24, 2.45) is 0 Å². The molecule has 2 aromatic carbocycles. The van der Waals surface area contributed by atoms with Crippen LogP contribution in [-0.4, -0.2) is 38.4 Å². The second-order valence-electron chi connectivity index (χ2n) is 7.03. The molecule has 1 N–H and O–H groups in total. The number of esters is 1. The number of benzene rings is 2. The number of amides is 1. The predicted molar refractivity (Wildman–Crippen MR) is 122 cm³/mol. The maximum atomic E-state index is 13.8. The molecule has 0 aliphatic heterocycles. The third-order valence-corrected chi connectivity index (χ3v) is 6.09. The van der Waals surface area contributed by atoms with Crippen LogP contribution < -0.4 is 9.84 Å². The smallest absolute Gasteiger partial charge is 0.467 e. The Hall–Kier alpha value is -3.01. The number of alkyl carbamates (subject to hydrolysis) is 1. The van der Waals surface area contributed by atoms with Gasteiger partial charge in [0, 0.05) is 6.42 Å². The molecule has 2 aromatic rings. The number of nitrogens with one attached hydrogen (secondary N) is 1. The molecule has 1 atom stereocenters. The number of phosphoric acid groups is 1. The van der Waals surface area contributed by atoms with Crippen molar-refractivity contribution >= 4 is 19.9 Å². The summed E-state index contributed by atoms with van der Waals surface area (Å²) in [7, 11) is -2.97. The molecule has 0 heterocycles. The molecule has 0 radical (unpaired) electrons. The molecule has 1 amide bonds. The molecule has 0 aromatic heterocycles. The van der Waals surface area contributed by atoms with Crippen LogP contribution in [-0.2, 0) is 40.9 Å². The van der Waals surface area contributed by atoms with E-state index in [-0.39, 0.29) is 37.6 Å². The van der Waals surface area contributed by atoms with Crippen molar-refractivity contribution in [1.29, 1.82) is 0 Å². The quantitative estimate of drug-likeness (QED) is 0.287. The lowest BCUT2D eigenvalue weighted by Crippen LogP contribution is -2.43. The van der Waals surface area contributed by atoms with Crippen LogP contribution in [0.3, 0.4) is 0 Å². The standard InChI is InChI=1S/C23H28F2NO8P/c1-4-32-35(29,33-5-2)34-20-12-11-17(13-18(20)21(24)25)14-19(22(27)30-3)26-23(28)31-15-16-9-7-6-8-10-16/h6-13,19,21H,4-5,14-15H2,1-3H3,(H,26,28). The van der Waals surface area contributed by atoms with E-state index >= 15 is 0 Å². The molecule has 35 heavy (non-hydrogen) atoms. The Bertz CT molecular complexity index is 1010. The number of alkyl halides is 2. The lowest BCUT2D eigenvalue weighted by molar-refractivity contribution is -0.143. The lowest BCUT2D eigenvalue weighted by Gasteiger charge is -2.20. The van der Waals surface area contributed by atoms with Crippen LogP contribution in [0.15, 0.2) is 48.5 Å². The second-order valence-corrected chi connectivity index (χ2v) is 8.63. The fourth-order valence-corrected chi connectivity index (χ4v) is 4.20. The van der Waals surface area contributed by atoms with Gasteiger partial charge in [0.05, 0.1) is 25.9 Å². The number of halogens is 2. The zero-order valence-electron chi connectivity index (χ0n) is 19.6. The number of carbonyl (C=O) groups is 2. The van der Waals surface area contributed by atoms with Gasteiger partial charge in [0.15, 0.2) is 0 Å². The molecular weight excluding hydrogens is 487 g/mol. The largest absolute Gasteiger partial charge is 0.530 e. The van der Waals surface area contributed by atoms with Gasteiger partial charge in [-0.2, -0.15) is 0 Å². The normalized spacial score (nSPS) is 12.2. The van der Waals surface area contributed by atoms with Crippen molar-refractivity contribution in [3.05, 3.63) is 65.2 Å². The molecule has 9 nitrogen and oxygen atoms in total. The second kappa shape index (κ2) is 13.8. The van der Waals surface area contributed by atoms with Crippen molar-refractivity contribution in [3.63, 3.8) is 0 Å². The first-order valence-corrected chi connectivity index (χ1v) is 12.2. The average molecular weight is 515 g/mol. The van der Waals surface area contributed by atoms with Crippen LogP contribution in [0.4, 0.5) is 13.6 Å². The minimum absolute atomic E-state index is 0.0216. The van der Waals surface area contributed by atoms with Gasteiger partial charge in [0.2, 0.25) is 0 Å². The van der Waals surface area contributed by atoms with Gasteiger partial charge < -0.3 is 19.3 Å². The first-order valence-electron chi connectivity index (χ1n) is 10.8. The third-order valence-electron chi connectivity index (χ3n) is 4.52. The molecule has 0 saturated heterocycles. The maximum Gasteiger partial charge on any atom is 0.530 e. The van der Waals surface area contributed by atoms with Gasteiger partial charge in [0.25, 0.3) is 6.43 Å². The molecule has 12 heteroatoms. The summed E-state index contributed by atoms with van der Waals surface area (Å²) in [6.07, 6.45) is -4.06. The van der Waals surface area contributed by atoms with E-state index in [1.807, 2.05) is 6.07 Å². The number of hydrogen-bond donors (Lipinski definition) is 1. The van der Waals surface area contributed by atoms with E-state index in [9.17, 15) is 22.9 Å². The monoisotopic (exact) mass is 515 g/mol. The first-order chi connectivity index (χ1) is 16.7. The van der Waals surface area contributed by atoms with Gasteiger partial charge >= 0.3 is 19.9 Å². The Morgan fingerprint density at radius 1 is 1.00 bits per heavy atom. The van der Waals surface area contributed by atoms with Crippen molar-refractivity contribution < 1.29 is 46.0 Å². The van der Waals surface area contributed by atoms with E-state index < -0.39 is 37.9 Å². The summed E-state index contributed by atoms with van der Waals surface area (Å²) in [5, 5.41) is 2.38. The molecule has 0 bridgehead atoms. The lowest BCUT2D eigenvalue weighted by atomic mass is 10.0. The Morgan fingerprint density at radius 3 is 2.23 bits per heavy atom. The minimum Gasteiger partial charge on any atom is -0.467 e. The Labute approximate surface area is 202 Å². The summed E-state index contributed by atoms with van der Waals surface area (Å²) in [6, 6.07) is 11.3. The highest BCUT2D eigenvalue weighted by molar-refractivity contribution is 7.48. The number of ether oxygens (including phenoxy) is 2. The van der Waals surface area contributed by atoms with Crippen LogP contribution in [0.5, 0.6) is 5.75 Å². The average Bonchev–Trinajstić information content (AvgIpc) is 2.83. The van der Waals surface area contributed by atoms with Crippen LogP contribution in [0.2, 0.25) is 0 Å². The van der Waals surface area contributed by atoms with E-state index in [0.717, 1.165) is 18.7 Å². The summed E-state index contributed by atoms with van der Waals surface area (Å²) >= 11 is 0. The zero-order valence-corrected chi connectivity index (χ0v) is 20.5. The highest BCUT2D eigenvalue weighted by atomic mass is 31.2. The van der Waals surface area contributed by atoms with Crippen LogP contribution in [0, 0.1) is 0 Å². The number of rotatable bonds is 13.